The van der Waals surface area contributed by atoms with E-state index in [0.717, 1.165) is 16.3 Å². The van der Waals surface area contributed by atoms with E-state index < -0.39 is 28.5 Å². The van der Waals surface area contributed by atoms with Crippen LogP contribution >= 0.6 is 34.8 Å². The van der Waals surface area contributed by atoms with Gasteiger partial charge < -0.3 is 10.2 Å². The van der Waals surface area contributed by atoms with E-state index in [9.17, 15) is 18.0 Å². The van der Waals surface area contributed by atoms with Crippen LogP contribution in [0.4, 0.5) is 5.69 Å². The van der Waals surface area contributed by atoms with Crippen LogP contribution < -0.4 is 9.62 Å². The van der Waals surface area contributed by atoms with Gasteiger partial charge >= 0.3 is 0 Å². The second kappa shape index (κ2) is 13.7. The SMILES string of the molecule is CCCNC(=O)[C@@H](C)N(Cc1ccc(Cl)c(Cl)c1)C(=O)CN(c1cc(Cl)ccc1C)S(=O)(=O)c1ccc(C)cc1. The molecule has 3 aromatic carbocycles. The molecule has 0 fully saturated rings. The van der Waals surface area contributed by atoms with Crippen LogP contribution in [0, 0.1) is 13.8 Å². The van der Waals surface area contributed by atoms with Crippen LogP contribution in [0.5, 0.6) is 0 Å². The molecule has 0 aliphatic rings. The molecule has 0 aromatic heterocycles. The van der Waals surface area contributed by atoms with Gasteiger partial charge in [0.05, 0.1) is 20.6 Å². The minimum absolute atomic E-state index is 0.00335. The van der Waals surface area contributed by atoms with Gasteiger partial charge in [-0.3, -0.25) is 13.9 Å². The first-order valence-electron chi connectivity index (χ1n) is 12.7. The summed E-state index contributed by atoms with van der Waals surface area (Å²) in [4.78, 5) is 28.3. The highest BCUT2D eigenvalue weighted by Gasteiger charge is 2.33. The van der Waals surface area contributed by atoms with Crippen LogP contribution in [-0.2, 0) is 26.2 Å². The molecule has 1 atom stereocenters. The van der Waals surface area contributed by atoms with E-state index in [4.69, 9.17) is 34.8 Å². The van der Waals surface area contributed by atoms with Crippen LogP contribution in [-0.4, -0.2) is 44.3 Å². The topological polar surface area (TPSA) is 86.8 Å². The van der Waals surface area contributed by atoms with Crippen molar-refractivity contribution < 1.29 is 18.0 Å². The van der Waals surface area contributed by atoms with Crippen molar-refractivity contribution in [2.45, 2.75) is 51.6 Å². The Bertz CT molecular complexity index is 1480. The summed E-state index contributed by atoms with van der Waals surface area (Å²) in [5.41, 5.74) is 2.39. The number of anilines is 1. The summed E-state index contributed by atoms with van der Waals surface area (Å²) in [6.45, 7) is 6.99. The first kappa shape index (κ1) is 31.7. The number of hydrogen-bond acceptors (Lipinski definition) is 4. The minimum atomic E-state index is -4.20. The second-order valence-corrected chi connectivity index (χ2v) is 12.6. The van der Waals surface area contributed by atoms with E-state index in [1.807, 2.05) is 13.8 Å². The number of hydrogen-bond donors (Lipinski definition) is 1. The summed E-state index contributed by atoms with van der Waals surface area (Å²) < 4.78 is 28.9. The van der Waals surface area contributed by atoms with Gasteiger partial charge in [-0.25, -0.2) is 8.42 Å². The third-order valence-corrected chi connectivity index (χ3v) is 9.13. The molecule has 2 amide bonds. The van der Waals surface area contributed by atoms with Crippen molar-refractivity contribution in [2.75, 3.05) is 17.4 Å². The number of carbonyl (C=O) groups is 2. The van der Waals surface area contributed by atoms with Crippen molar-refractivity contribution in [3.8, 4) is 0 Å². The summed E-state index contributed by atoms with van der Waals surface area (Å²) >= 11 is 18.5. The lowest BCUT2D eigenvalue weighted by Crippen LogP contribution is -2.51. The number of benzene rings is 3. The molecule has 0 heterocycles. The molecule has 7 nitrogen and oxygen atoms in total. The Balaban J connectivity index is 2.07. The van der Waals surface area contributed by atoms with Gasteiger partial charge in [0.2, 0.25) is 11.8 Å². The maximum absolute atomic E-state index is 14.0. The number of rotatable bonds is 11. The van der Waals surface area contributed by atoms with Crippen LogP contribution in [0.1, 0.15) is 37.0 Å². The van der Waals surface area contributed by atoms with Crippen molar-refractivity contribution >= 4 is 62.3 Å². The smallest absolute Gasteiger partial charge is 0.264 e. The quantitative estimate of drug-likeness (QED) is 0.267. The second-order valence-electron chi connectivity index (χ2n) is 9.49. The van der Waals surface area contributed by atoms with E-state index in [-0.39, 0.29) is 23.0 Å². The fraction of sp³-hybridized carbons (Fsp3) is 0.310. The standard InChI is InChI=1S/C29H32Cl3N3O4S/c1-5-14-33-29(37)21(4)34(17-22-9-13-25(31)26(32)15-22)28(36)18-35(27-16-23(30)10-8-20(27)3)40(38,39)24-11-6-19(2)7-12-24/h6-13,15-16,21H,5,14,17-18H2,1-4H3,(H,33,37)/t21-/m1/s1. The molecule has 3 aromatic rings. The van der Waals surface area contributed by atoms with Gasteiger partial charge in [0, 0.05) is 18.1 Å². The molecule has 0 spiro atoms. The normalized spacial score (nSPS) is 12.1. The van der Waals surface area contributed by atoms with Crippen molar-refractivity contribution in [1.82, 2.24) is 10.2 Å². The Morgan fingerprint density at radius 2 is 1.60 bits per heavy atom. The van der Waals surface area contributed by atoms with Crippen LogP contribution in [0.2, 0.25) is 15.1 Å². The van der Waals surface area contributed by atoms with Gasteiger partial charge in [-0.2, -0.15) is 0 Å². The predicted octanol–water partition coefficient (Wildman–Crippen LogP) is 6.40. The molecule has 214 valence electrons. The van der Waals surface area contributed by atoms with E-state index in [1.165, 1.54) is 23.1 Å². The summed E-state index contributed by atoms with van der Waals surface area (Å²) in [5.74, 6) is -0.942. The molecule has 0 unspecified atom stereocenters. The third kappa shape index (κ3) is 7.69. The molecule has 0 radical (unpaired) electrons. The number of carbonyl (C=O) groups excluding carboxylic acids is 2. The number of sulfonamides is 1. The zero-order chi connectivity index (χ0) is 29.6. The van der Waals surface area contributed by atoms with Crippen LogP contribution in [0.3, 0.4) is 0 Å². The Morgan fingerprint density at radius 3 is 2.23 bits per heavy atom. The molecule has 40 heavy (non-hydrogen) atoms. The lowest BCUT2D eigenvalue weighted by molar-refractivity contribution is -0.139. The van der Waals surface area contributed by atoms with Crippen molar-refractivity contribution in [1.29, 1.82) is 0 Å². The van der Waals surface area contributed by atoms with Gasteiger partial charge in [0.25, 0.3) is 10.0 Å². The summed E-state index contributed by atoms with van der Waals surface area (Å²) in [6.07, 6.45) is 0.718. The van der Waals surface area contributed by atoms with E-state index in [0.29, 0.717) is 32.7 Å². The minimum Gasteiger partial charge on any atom is -0.354 e. The highest BCUT2D eigenvalue weighted by atomic mass is 35.5. The number of halogens is 3. The average Bonchev–Trinajstić information content (AvgIpc) is 2.92. The molecule has 3 rings (SSSR count). The maximum atomic E-state index is 14.0. The number of amides is 2. The highest BCUT2D eigenvalue weighted by Crippen LogP contribution is 2.30. The molecule has 0 saturated carbocycles. The van der Waals surface area contributed by atoms with Crippen LogP contribution in [0.15, 0.2) is 65.6 Å². The summed E-state index contributed by atoms with van der Waals surface area (Å²) in [5, 5.41) is 3.77. The number of nitrogens with one attached hydrogen (secondary N) is 1. The summed E-state index contributed by atoms with van der Waals surface area (Å²) in [7, 11) is -4.20. The first-order valence-corrected chi connectivity index (χ1v) is 15.3. The molecule has 0 bridgehead atoms. The van der Waals surface area contributed by atoms with Crippen molar-refractivity contribution in [3.05, 3.63) is 92.4 Å². The highest BCUT2D eigenvalue weighted by molar-refractivity contribution is 7.92. The number of nitrogens with zero attached hydrogens (tertiary/aromatic N) is 2. The Kier molecular flexibility index (Phi) is 10.9. The lowest BCUT2D eigenvalue weighted by Gasteiger charge is -2.32. The molecule has 0 aliphatic heterocycles. The molecular weight excluding hydrogens is 593 g/mol. The Labute approximate surface area is 251 Å². The first-order chi connectivity index (χ1) is 18.8. The Hall–Kier alpha value is -2.78. The van der Waals surface area contributed by atoms with Gasteiger partial charge in [-0.05, 0) is 74.7 Å². The van der Waals surface area contributed by atoms with Crippen LogP contribution in [0.25, 0.3) is 0 Å². The fourth-order valence-corrected chi connectivity index (χ4v) is 5.97. The van der Waals surface area contributed by atoms with Gasteiger partial charge in [-0.1, -0.05) is 71.6 Å². The average molecular weight is 625 g/mol. The maximum Gasteiger partial charge on any atom is 0.264 e. The van der Waals surface area contributed by atoms with E-state index in [2.05, 4.69) is 5.32 Å². The monoisotopic (exact) mass is 623 g/mol. The molecule has 11 heteroatoms. The van der Waals surface area contributed by atoms with Gasteiger partial charge in [-0.15, -0.1) is 0 Å². The van der Waals surface area contributed by atoms with E-state index in [1.54, 1.807) is 56.3 Å². The molecule has 0 aliphatic carbocycles. The molecule has 0 saturated heterocycles. The zero-order valence-corrected chi connectivity index (χ0v) is 25.8. The predicted molar refractivity (Wildman–Crippen MR) is 162 cm³/mol. The van der Waals surface area contributed by atoms with Gasteiger partial charge in [0.15, 0.2) is 0 Å². The number of aryl methyl sites for hydroxylation is 2. The van der Waals surface area contributed by atoms with E-state index >= 15 is 0 Å². The largest absolute Gasteiger partial charge is 0.354 e. The Morgan fingerprint density at radius 1 is 0.925 bits per heavy atom. The summed E-state index contributed by atoms with van der Waals surface area (Å²) in [6, 6.07) is 15.2. The third-order valence-electron chi connectivity index (χ3n) is 6.38. The van der Waals surface area contributed by atoms with Gasteiger partial charge in [0.1, 0.15) is 12.6 Å². The van der Waals surface area contributed by atoms with Crippen molar-refractivity contribution in [2.24, 2.45) is 0 Å². The zero-order valence-electron chi connectivity index (χ0n) is 22.7. The lowest BCUT2D eigenvalue weighted by atomic mass is 10.1. The molecule has 1 N–H and O–H groups in total. The molecular formula is C29H32Cl3N3O4S. The van der Waals surface area contributed by atoms with Crippen molar-refractivity contribution in [3.63, 3.8) is 0 Å². The fourth-order valence-electron chi connectivity index (χ4n) is 4.02.